The van der Waals surface area contributed by atoms with Crippen LogP contribution in [0.25, 0.3) is 0 Å². The second-order valence-electron chi connectivity index (χ2n) is 5.97. The predicted octanol–water partition coefficient (Wildman–Crippen LogP) is 4.93. The molecule has 0 spiro atoms. The van der Waals surface area contributed by atoms with Gasteiger partial charge in [0.1, 0.15) is 5.75 Å². The van der Waals surface area contributed by atoms with E-state index < -0.39 is 11.7 Å². The number of ether oxygens (including phenoxy) is 1. The van der Waals surface area contributed by atoms with Crippen LogP contribution in [-0.4, -0.2) is 18.6 Å². The number of halogens is 3. The Morgan fingerprint density at radius 1 is 1.12 bits per heavy atom. The van der Waals surface area contributed by atoms with Crippen molar-refractivity contribution in [2.24, 2.45) is 0 Å². The number of carbonyl (C=O) groups excluding carboxylic acids is 1. The Morgan fingerprint density at radius 3 is 2.54 bits per heavy atom. The highest BCUT2D eigenvalue weighted by Gasteiger charge is 2.30. The summed E-state index contributed by atoms with van der Waals surface area (Å²) in [4.78, 5) is 12.1. The summed E-state index contributed by atoms with van der Waals surface area (Å²) in [6, 6.07) is 12.0. The molecule has 0 aromatic heterocycles. The number of para-hydroxylation sites is 2. The third-order valence-electron chi connectivity index (χ3n) is 3.39. The number of hydrogen-bond donors (Lipinski definition) is 2. The van der Waals surface area contributed by atoms with Crippen LogP contribution in [0.5, 0.6) is 5.75 Å². The third-order valence-corrected chi connectivity index (χ3v) is 3.39. The molecule has 2 rings (SSSR count). The summed E-state index contributed by atoms with van der Waals surface area (Å²) in [5, 5.41) is 5.58. The average molecular weight is 366 g/mol. The minimum absolute atomic E-state index is 0.0318. The number of benzene rings is 2. The number of nitrogens with one attached hydrogen (secondary N) is 2. The van der Waals surface area contributed by atoms with Crippen molar-refractivity contribution in [2.45, 2.75) is 32.5 Å². The summed E-state index contributed by atoms with van der Waals surface area (Å²) in [5.41, 5.74) is 0.146. The van der Waals surface area contributed by atoms with Crippen LogP contribution in [0.2, 0.25) is 0 Å². The van der Waals surface area contributed by atoms with E-state index in [1.165, 1.54) is 12.1 Å². The number of hydrogen-bond acceptors (Lipinski definition) is 3. The van der Waals surface area contributed by atoms with Gasteiger partial charge in [0.25, 0.3) is 0 Å². The van der Waals surface area contributed by atoms with Crippen LogP contribution in [0.1, 0.15) is 25.8 Å². The molecule has 7 heteroatoms. The molecule has 0 radical (unpaired) electrons. The Hall–Kier alpha value is -2.70. The first-order valence-corrected chi connectivity index (χ1v) is 8.22. The van der Waals surface area contributed by atoms with Gasteiger partial charge in [-0.3, -0.25) is 4.79 Å². The summed E-state index contributed by atoms with van der Waals surface area (Å²) in [6.07, 6.45) is -4.32. The molecule has 4 nitrogen and oxygen atoms in total. The van der Waals surface area contributed by atoms with Crippen molar-refractivity contribution in [1.29, 1.82) is 0 Å². The van der Waals surface area contributed by atoms with Gasteiger partial charge in [-0.1, -0.05) is 18.2 Å². The maximum Gasteiger partial charge on any atom is 0.416 e. The van der Waals surface area contributed by atoms with Crippen molar-refractivity contribution in [3.63, 3.8) is 0 Å². The van der Waals surface area contributed by atoms with E-state index >= 15 is 0 Å². The summed E-state index contributed by atoms with van der Waals surface area (Å²) in [7, 11) is 0. The van der Waals surface area contributed by atoms with Crippen LogP contribution in [0, 0.1) is 0 Å². The van der Waals surface area contributed by atoms with Gasteiger partial charge in [0, 0.05) is 18.7 Å². The Morgan fingerprint density at radius 2 is 1.85 bits per heavy atom. The highest BCUT2D eigenvalue weighted by Crippen LogP contribution is 2.30. The SMILES string of the molecule is CC(C)Oc1ccccc1NC(=O)CCNc1cccc(C(F)(F)F)c1. The standard InChI is InChI=1S/C19H21F3N2O2/c1-13(2)26-17-9-4-3-8-16(17)24-18(25)10-11-23-15-7-5-6-14(12-15)19(20,21)22/h3-9,12-13,23H,10-11H2,1-2H3,(H,24,25). The van der Waals surface area contributed by atoms with Crippen molar-refractivity contribution < 1.29 is 22.7 Å². The number of anilines is 2. The van der Waals surface area contributed by atoms with Gasteiger partial charge in [0.05, 0.1) is 17.4 Å². The Labute approximate surface area is 150 Å². The molecule has 2 aromatic carbocycles. The van der Waals surface area contributed by atoms with Gasteiger partial charge in [-0.2, -0.15) is 13.2 Å². The molecule has 2 N–H and O–H groups in total. The quantitative estimate of drug-likeness (QED) is 0.730. The summed E-state index contributed by atoms with van der Waals surface area (Å²) >= 11 is 0. The van der Waals surface area contributed by atoms with E-state index in [1.807, 2.05) is 19.9 Å². The first-order chi connectivity index (χ1) is 12.3. The van der Waals surface area contributed by atoms with E-state index in [2.05, 4.69) is 10.6 Å². The molecule has 0 unspecified atom stereocenters. The lowest BCUT2D eigenvalue weighted by Gasteiger charge is -2.15. The second-order valence-corrected chi connectivity index (χ2v) is 5.97. The molecule has 0 aliphatic rings. The molecule has 1 amide bonds. The summed E-state index contributed by atoms with van der Waals surface area (Å²) in [5.74, 6) is 0.311. The fraction of sp³-hybridized carbons (Fsp3) is 0.316. The first-order valence-electron chi connectivity index (χ1n) is 8.22. The van der Waals surface area contributed by atoms with Crippen molar-refractivity contribution in [3.8, 4) is 5.75 Å². The zero-order valence-corrected chi connectivity index (χ0v) is 14.6. The Balaban J connectivity index is 1.88. The molecule has 2 aromatic rings. The van der Waals surface area contributed by atoms with E-state index in [4.69, 9.17) is 4.74 Å². The minimum atomic E-state index is -4.39. The van der Waals surface area contributed by atoms with Crippen molar-refractivity contribution >= 4 is 17.3 Å². The highest BCUT2D eigenvalue weighted by molar-refractivity contribution is 5.92. The van der Waals surface area contributed by atoms with E-state index in [9.17, 15) is 18.0 Å². The number of rotatable bonds is 7. The molecule has 0 aliphatic carbocycles. The Kier molecular flexibility index (Phi) is 6.49. The average Bonchev–Trinajstić information content (AvgIpc) is 2.56. The van der Waals surface area contributed by atoms with Crippen LogP contribution in [0.15, 0.2) is 48.5 Å². The molecule has 0 atom stereocenters. The molecule has 0 saturated heterocycles. The maximum atomic E-state index is 12.7. The number of alkyl halides is 3. The molecule has 0 fully saturated rings. The predicted molar refractivity (Wildman–Crippen MR) is 95.4 cm³/mol. The number of amides is 1. The molecule has 0 heterocycles. The lowest BCUT2D eigenvalue weighted by molar-refractivity contribution is -0.137. The molecule has 140 valence electrons. The first kappa shape index (κ1) is 19.6. The zero-order valence-electron chi connectivity index (χ0n) is 14.6. The molecular formula is C19H21F3N2O2. The van der Waals surface area contributed by atoms with Gasteiger partial charge >= 0.3 is 6.18 Å². The van der Waals surface area contributed by atoms with E-state index in [0.717, 1.165) is 12.1 Å². The van der Waals surface area contributed by atoms with Crippen LogP contribution in [0.3, 0.4) is 0 Å². The summed E-state index contributed by atoms with van der Waals surface area (Å²) < 4.78 is 43.7. The van der Waals surface area contributed by atoms with Gasteiger partial charge in [-0.05, 0) is 44.2 Å². The van der Waals surface area contributed by atoms with Gasteiger partial charge in [0.2, 0.25) is 5.91 Å². The fourth-order valence-corrected chi connectivity index (χ4v) is 2.27. The van der Waals surface area contributed by atoms with E-state index in [0.29, 0.717) is 17.1 Å². The van der Waals surface area contributed by atoms with Gasteiger partial charge in [-0.25, -0.2) is 0 Å². The van der Waals surface area contributed by atoms with Gasteiger partial charge in [0.15, 0.2) is 0 Å². The normalized spacial score (nSPS) is 11.3. The van der Waals surface area contributed by atoms with E-state index in [1.54, 1.807) is 18.2 Å². The van der Waals surface area contributed by atoms with Crippen LogP contribution in [0.4, 0.5) is 24.5 Å². The molecule has 26 heavy (non-hydrogen) atoms. The van der Waals surface area contributed by atoms with Gasteiger partial charge in [-0.15, -0.1) is 0 Å². The van der Waals surface area contributed by atoms with Crippen LogP contribution >= 0.6 is 0 Å². The maximum absolute atomic E-state index is 12.7. The van der Waals surface area contributed by atoms with E-state index in [-0.39, 0.29) is 25.0 Å². The second kappa shape index (κ2) is 8.60. The zero-order chi connectivity index (χ0) is 19.2. The molecular weight excluding hydrogens is 345 g/mol. The fourth-order valence-electron chi connectivity index (χ4n) is 2.27. The van der Waals surface area contributed by atoms with Gasteiger partial charge < -0.3 is 15.4 Å². The van der Waals surface area contributed by atoms with Crippen LogP contribution < -0.4 is 15.4 Å². The minimum Gasteiger partial charge on any atom is -0.489 e. The molecule has 0 saturated carbocycles. The smallest absolute Gasteiger partial charge is 0.416 e. The van der Waals surface area contributed by atoms with Crippen molar-refractivity contribution in [1.82, 2.24) is 0 Å². The Bertz CT molecular complexity index is 746. The monoisotopic (exact) mass is 366 g/mol. The van der Waals surface area contributed by atoms with Crippen LogP contribution in [-0.2, 0) is 11.0 Å². The lowest BCUT2D eigenvalue weighted by atomic mass is 10.2. The van der Waals surface area contributed by atoms with Crippen molar-refractivity contribution in [2.75, 3.05) is 17.2 Å². The number of carbonyl (C=O) groups is 1. The largest absolute Gasteiger partial charge is 0.489 e. The van der Waals surface area contributed by atoms with Crippen molar-refractivity contribution in [3.05, 3.63) is 54.1 Å². The molecule has 0 bridgehead atoms. The third kappa shape index (κ3) is 5.98. The topological polar surface area (TPSA) is 50.4 Å². The highest BCUT2D eigenvalue weighted by atomic mass is 19.4. The molecule has 0 aliphatic heterocycles. The summed E-state index contributed by atoms with van der Waals surface area (Å²) in [6.45, 7) is 3.98. The lowest BCUT2D eigenvalue weighted by Crippen LogP contribution is -2.17.